The number of hydrogen-bond donors (Lipinski definition) is 0. The van der Waals surface area contributed by atoms with Crippen molar-refractivity contribution in [1.82, 2.24) is 9.97 Å². The molecule has 1 aromatic heterocycles. The minimum Gasteiger partial charge on any atom is -0.220 e. The van der Waals surface area contributed by atoms with Crippen molar-refractivity contribution in [1.29, 1.82) is 0 Å². The highest BCUT2D eigenvalue weighted by Gasteiger charge is 2.08. The average molecular weight is 299 g/mol. The van der Waals surface area contributed by atoms with Crippen LogP contribution in [0.3, 0.4) is 0 Å². The molecular weight excluding hydrogens is 287 g/mol. The Bertz CT molecular complexity index is 550. The molecule has 0 aliphatic heterocycles. The fraction of sp³-hybridized carbons (Fsp3) is 0.231. The number of aryl methyl sites for hydroxylation is 1. The largest absolute Gasteiger partial charge is 0.220 e. The molecule has 0 fully saturated rings. The van der Waals surface area contributed by atoms with E-state index in [2.05, 4.69) is 29.0 Å². The Balaban J connectivity index is 2.14. The highest BCUT2D eigenvalue weighted by atomic mass is 35.5. The van der Waals surface area contributed by atoms with Crippen molar-refractivity contribution in [3.63, 3.8) is 0 Å². The van der Waals surface area contributed by atoms with E-state index in [1.165, 1.54) is 10.5 Å². The van der Waals surface area contributed by atoms with Gasteiger partial charge in [-0.25, -0.2) is 9.97 Å². The normalized spacial score (nSPS) is 10.7. The van der Waals surface area contributed by atoms with E-state index in [1.807, 2.05) is 19.1 Å². The van der Waals surface area contributed by atoms with Crippen molar-refractivity contribution in [2.75, 3.05) is 0 Å². The molecule has 0 aliphatic carbocycles. The Morgan fingerprint density at radius 3 is 2.28 bits per heavy atom. The van der Waals surface area contributed by atoms with Crippen molar-refractivity contribution in [3.8, 4) is 0 Å². The SMILES string of the molecule is Cc1ccccc1SCc1nc(Cl)c(C)c(Cl)n1. The summed E-state index contributed by atoms with van der Waals surface area (Å²) in [6.45, 7) is 3.89. The van der Waals surface area contributed by atoms with Crippen LogP contribution in [0.4, 0.5) is 0 Å². The summed E-state index contributed by atoms with van der Waals surface area (Å²) in [6, 6.07) is 8.20. The van der Waals surface area contributed by atoms with E-state index < -0.39 is 0 Å². The first-order valence-electron chi connectivity index (χ1n) is 5.45. The van der Waals surface area contributed by atoms with Crippen LogP contribution in [0.5, 0.6) is 0 Å². The second-order valence-electron chi connectivity index (χ2n) is 3.90. The summed E-state index contributed by atoms with van der Waals surface area (Å²) >= 11 is 13.7. The Labute approximate surface area is 121 Å². The van der Waals surface area contributed by atoms with E-state index in [4.69, 9.17) is 23.2 Å². The predicted octanol–water partition coefficient (Wildman–Crippen LogP) is 4.69. The molecule has 2 aromatic rings. The molecule has 0 atom stereocenters. The van der Waals surface area contributed by atoms with Gasteiger partial charge in [0.15, 0.2) is 0 Å². The van der Waals surface area contributed by atoms with Gasteiger partial charge in [0.2, 0.25) is 0 Å². The molecule has 0 spiro atoms. The molecular formula is C13H12Cl2N2S. The van der Waals surface area contributed by atoms with Crippen molar-refractivity contribution >= 4 is 35.0 Å². The summed E-state index contributed by atoms with van der Waals surface area (Å²) in [6.07, 6.45) is 0. The van der Waals surface area contributed by atoms with Gasteiger partial charge in [-0.15, -0.1) is 11.8 Å². The van der Waals surface area contributed by atoms with E-state index in [1.54, 1.807) is 11.8 Å². The van der Waals surface area contributed by atoms with Crippen molar-refractivity contribution < 1.29 is 0 Å². The van der Waals surface area contributed by atoms with E-state index in [0.717, 1.165) is 5.56 Å². The lowest BCUT2D eigenvalue weighted by molar-refractivity contribution is 1.01. The number of nitrogens with zero attached hydrogens (tertiary/aromatic N) is 2. The number of thioether (sulfide) groups is 1. The number of rotatable bonds is 3. The van der Waals surface area contributed by atoms with Gasteiger partial charge in [0.1, 0.15) is 16.1 Å². The Morgan fingerprint density at radius 2 is 1.67 bits per heavy atom. The van der Waals surface area contributed by atoms with Crippen LogP contribution in [-0.4, -0.2) is 9.97 Å². The van der Waals surface area contributed by atoms with Crippen molar-refractivity contribution in [2.45, 2.75) is 24.5 Å². The first-order chi connectivity index (χ1) is 8.58. The van der Waals surface area contributed by atoms with E-state index in [0.29, 0.717) is 21.9 Å². The summed E-state index contributed by atoms with van der Waals surface area (Å²) in [5.41, 5.74) is 1.97. The quantitative estimate of drug-likeness (QED) is 0.607. The van der Waals surface area contributed by atoms with Crippen LogP contribution < -0.4 is 0 Å². The smallest absolute Gasteiger partial charge is 0.142 e. The van der Waals surface area contributed by atoms with E-state index in [9.17, 15) is 0 Å². The minimum atomic E-state index is 0.426. The second-order valence-corrected chi connectivity index (χ2v) is 5.63. The van der Waals surface area contributed by atoms with Gasteiger partial charge in [-0.2, -0.15) is 0 Å². The lowest BCUT2D eigenvalue weighted by Crippen LogP contribution is -1.96. The van der Waals surface area contributed by atoms with Gasteiger partial charge in [-0.05, 0) is 25.5 Å². The van der Waals surface area contributed by atoms with Gasteiger partial charge < -0.3 is 0 Å². The van der Waals surface area contributed by atoms with Crippen LogP contribution in [0.15, 0.2) is 29.2 Å². The average Bonchev–Trinajstić information content (AvgIpc) is 2.35. The standard InChI is InChI=1S/C13H12Cl2N2S/c1-8-5-3-4-6-10(8)18-7-11-16-12(14)9(2)13(15)17-11/h3-6H,7H2,1-2H3. The molecule has 0 saturated carbocycles. The third-order valence-corrected chi connectivity index (χ3v) is 4.43. The zero-order chi connectivity index (χ0) is 13.1. The molecule has 0 unspecified atom stereocenters. The molecule has 0 N–H and O–H groups in total. The lowest BCUT2D eigenvalue weighted by Gasteiger charge is -2.06. The van der Waals surface area contributed by atoms with Gasteiger partial charge in [0.05, 0.1) is 5.75 Å². The molecule has 2 rings (SSSR count). The van der Waals surface area contributed by atoms with Gasteiger partial charge in [-0.1, -0.05) is 41.4 Å². The Morgan fingerprint density at radius 1 is 1.06 bits per heavy atom. The topological polar surface area (TPSA) is 25.8 Å². The summed E-state index contributed by atoms with van der Waals surface area (Å²) in [4.78, 5) is 9.67. The molecule has 0 amide bonds. The van der Waals surface area contributed by atoms with Crippen LogP contribution >= 0.6 is 35.0 Å². The molecule has 18 heavy (non-hydrogen) atoms. The summed E-state index contributed by atoms with van der Waals surface area (Å²) < 4.78 is 0. The zero-order valence-electron chi connectivity index (χ0n) is 10.1. The molecule has 1 heterocycles. The Kier molecular flexibility index (Phi) is 4.49. The third-order valence-electron chi connectivity index (χ3n) is 2.52. The second kappa shape index (κ2) is 5.91. The molecule has 1 aromatic carbocycles. The molecule has 5 heteroatoms. The minimum absolute atomic E-state index is 0.426. The van der Waals surface area contributed by atoms with Gasteiger partial charge >= 0.3 is 0 Å². The molecule has 2 nitrogen and oxygen atoms in total. The third kappa shape index (κ3) is 3.16. The summed E-state index contributed by atoms with van der Waals surface area (Å²) in [5.74, 6) is 1.31. The Hall–Kier alpha value is -0.770. The van der Waals surface area contributed by atoms with Crippen LogP contribution in [0.25, 0.3) is 0 Å². The maximum absolute atomic E-state index is 5.99. The fourth-order valence-electron chi connectivity index (χ4n) is 1.43. The monoisotopic (exact) mass is 298 g/mol. The van der Waals surface area contributed by atoms with Crippen LogP contribution in [0, 0.1) is 13.8 Å². The number of benzene rings is 1. The molecule has 0 bridgehead atoms. The van der Waals surface area contributed by atoms with Crippen LogP contribution in [0.2, 0.25) is 10.3 Å². The molecule has 0 radical (unpaired) electrons. The summed E-state index contributed by atoms with van der Waals surface area (Å²) in [5, 5.41) is 0.853. The highest BCUT2D eigenvalue weighted by Crippen LogP contribution is 2.26. The summed E-state index contributed by atoms with van der Waals surface area (Å²) in [7, 11) is 0. The van der Waals surface area contributed by atoms with Gasteiger partial charge in [0, 0.05) is 10.5 Å². The fourth-order valence-corrected chi connectivity index (χ4v) is 2.74. The first-order valence-corrected chi connectivity index (χ1v) is 7.19. The van der Waals surface area contributed by atoms with Crippen LogP contribution in [0.1, 0.15) is 17.0 Å². The lowest BCUT2D eigenvalue weighted by atomic mass is 10.2. The highest BCUT2D eigenvalue weighted by molar-refractivity contribution is 7.98. The van der Waals surface area contributed by atoms with E-state index in [-0.39, 0.29) is 0 Å². The van der Waals surface area contributed by atoms with Gasteiger partial charge in [-0.3, -0.25) is 0 Å². The number of halogens is 2. The van der Waals surface area contributed by atoms with Crippen molar-refractivity contribution in [3.05, 3.63) is 51.5 Å². The van der Waals surface area contributed by atoms with Gasteiger partial charge in [0.25, 0.3) is 0 Å². The molecule has 0 saturated heterocycles. The number of aromatic nitrogens is 2. The maximum Gasteiger partial charge on any atom is 0.142 e. The van der Waals surface area contributed by atoms with Crippen molar-refractivity contribution in [2.24, 2.45) is 0 Å². The predicted molar refractivity (Wildman–Crippen MR) is 77.5 cm³/mol. The zero-order valence-corrected chi connectivity index (χ0v) is 12.4. The molecule has 0 aliphatic rings. The maximum atomic E-state index is 5.99. The van der Waals surface area contributed by atoms with E-state index >= 15 is 0 Å². The molecule has 94 valence electrons. The van der Waals surface area contributed by atoms with Crippen LogP contribution in [-0.2, 0) is 5.75 Å². The number of hydrogen-bond acceptors (Lipinski definition) is 3. The first kappa shape index (κ1) is 13.7.